The average Bonchev–Trinajstić information content (AvgIpc) is 2.56. The Morgan fingerprint density at radius 1 is 0.900 bits per heavy atom. The quantitative estimate of drug-likeness (QED) is 0.680. The van der Waals surface area contributed by atoms with Crippen LogP contribution in [0.25, 0.3) is 22.4 Å². The van der Waals surface area contributed by atoms with Crippen LogP contribution in [0.5, 0.6) is 0 Å². The van der Waals surface area contributed by atoms with E-state index in [4.69, 9.17) is 0 Å². The van der Waals surface area contributed by atoms with Crippen molar-refractivity contribution in [2.24, 2.45) is 0 Å². The minimum Gasteiger partial charge on any atom is -0.264 e. The summed E-state index contributed by atoms with van der Waals surface area (Å²) in [5.74, 6) is 0. The maximum Gasteiger partial charge on any atom is 0.0796 e. The van der Waals surface area contributed by atoms with Crippen molar-refractivity contribution in [2.45, 2.75) is 5.33 Å². The van der Waals surface area contributed by atoms with Crippen LogP contribution in [0.15, 0.2) is 61.3 Å². The first-order valence-electron chi connectivity index (χ1n) is 6.24. The zero-order valence-electron chi connectivity index (χ0n) is 10.7. The van der Waals surface area contributed by atoms with Gasteiger partial charge in [-0.1, -0.05) is 22.0 Å². The molecule has 0 spiro atoms. The Balaban J connectivity index is 2.20. The molecule has 0 radical (unpaired) electrons. The fraction of sp³-hybridized carbons (Fsp3) is 0.0625. The smallest absolute Gasteiger partial charge is 0.0796 e. The van der Waals surface area contributed by atoms with E-state index in [2.05, 4.69) is 36.9 Å². The number of hydrogen-bond acceptors (Lipinski definition) is 3. The van der Waals surface area contributed by atoms with E-state index in [0.29, 0.717) is 0 Å². The van der Waals surface area contributed by atoms with Gasteiger partial charge in [0.2, 0.25) is 0 Å². The summed E-state index contributed by atoms with van der Waals surface area (Å²) in [6.07, 6.45) is 9.11. The third-order valence-electron chi connectivity index (χ3n) is 3.01. The first kappa shape index (κ1) is 12.9. The highest BCUT2D eigenvalue weighted by Crippen LogP contribution is 2.30. The van der Waals surface area contributed by atoms with Crippen LogP contribution in [0.4, 0.5) is 0 Å². The predicted octanol–water partition coefficient (Wildman–Crippen LogP) is 4.10. The Hall–Kier alpha value is -2.07. The lowest BCUT2D eigenvalue weighted by Gasteiger charge is -2.10. The average molecular weight is 326 g/mol. The summed E-state index contributed by atoms with van der Waals surface area (Å²) in [6.45, 7) is 0. The van der Waals surface area contributed by atoms with E-state index < -0.39 is 0 Å². The molecule has 20 heavy (non-hydrogen) atoms. The van der Waals surface area contributed by atoms with Gasteiger partial charge in [0.25, 0.3) is 0 Å². The molecule has 98 valence electrons. The van der Waals surface area contributed by atoms with Crippen LogP contribution in [0, 0.1) is 0 Å². The highest BCUT2D eigenvalue weighted by Gasteiger charge is 2.10. The second-order valence-electron chi connectivity index (χ2n) is 4.36. The molecule has 0 aliphatic carbocycles. The zero-order chi connectivity index (χ0) is 13.8. The third kappa shape index (κ3) is 2.60. The van der Waals surface area contributed by atoms with Gasteiger partial charge in [0.1, 0.15) is 0 Å². The number of hydrogen-bond donors (Lipinski definition) is 0. The van der Waals surface area contributed by atoms with E-state index in [1.807, 2.05) is 42.9 Å². The minimum absolute atomic E-state index is 0.778. The minimum atomic E-state index is 0.778. The lowest BCUT2D eigenvalue weighted by molar-refractivity contribution is 1.23. The Morgan fingerprint density at radius 3 is 2.20 bits per heavy atom. The molecule has 0 N–H and O–H groups in total. The van der Waals surface area contributed by atoms with Crippen LogP contribution in [-0.2, 0) is 5.33 Å². The summed E-state index contributed by atoms with van der Waals surface area (Å²) in [7, 11) is 0. The lowest BCUT2D eigenvalue weighted by atomic mass is 10.0. The van der Waals surface area contributed by atoms with Gasteiger partial charge >= 0.3 is 0 Å². The second kappa shape index (κ2) is 5.92. The molecule has 3 heterocycles. The fourth-order valence-electron chi connectivity index (χ4n) is 2.06. The monoisotopic (exact) mass is 325 g/mol. The fourth-order valence-corrected chi connectivity index (χ4v) is 2.36. The number of rotatable bonds is 3. The van der Waals surface area contributed by atoms with Gasteiger partial charge in [0.15, 0.2) is 0 Å². The van der Waals surface area contributed by atoms with E-state index >= 15 is 0 Å². The van der Waals surface area contributed by atoms with Crippen molar-refractivity contribution >= 4 is 15.9 Å². The van der Waals surface area contributed by atoms with E-state index in [1.165, 1.54) is 0 Å². The van der Waals surface area contributed by atoms with Gasteiger partial charge in [-0.2, -0.15) is 0 Å². The summed E-state index contributed by atoms with van der Waals surface area (Å²) in [4.78, 5) is 13.0. The Kier molecular flexibility index (Phi) is 3.83. The van der Waals surface area contributed by atoms with Gasteiger partial charge in [0.05, 0.1) is 5.69 Å². The van der Waals surface area contributed by atoms with E-state index in [9.17, 15) is 0 Å². The molecule has 0 atom stereocenters. The topological polar surface area (TPSA) is 38.7 Å². The maximum atomic E-state index is 4.60. The highest BCUT2D eigenvalue weighted by atomic mass is 79.9. The van der Waals surface area contributed by atoms with Crippen LogP contribution in [-0.4, -0.2) is 15.0 Å². The summed E-state index contributed by atoms with van der Waals surface area (Å²) in [5, 5.41) is 0.778. The van der Waals surface area contributed by atoms with Crippen molar-refractivity contribution in [3.8, 4) is 22.4 Å². The van der Waals surface area contributed by atoms with Crippen LogP contribution in [0.1, 0.15) is 5.56 Å². The standard InChI is InChI=1S/C16H12BrN3/c17-8-12-7-15(13-3-1-5-18-10-13)16(20-9-12)14-4-2-6-19-11-14/h1-7,9-11H,8H2. The molecule has 0 aliphatic heterocycles. The van der Waals surface area contributed by atoms with Crippen molar-refractivity contribution in [1.82, 2.24) is 15.0 Å². The molecule has 0 aliphatic rings. The Morgan fingerprint density at radius 2 is 1.60 bits per heavy atom. The maximum absolute atomic E-state index is 4.60. The predicted molar refractivity (Wildman–Crippen MR) is 83.3 cm³/mol. The molecule has 0 bridgehead atoms. The van der Waals surface area contributed by atoms with E-state index in [-0.39, 0.29) is 0 Å². The summed E-state index contributed by atoms with van der Waals surface area (Å²) in [5.41, 5.74) is 5.20. The Bertz CT molecular complexity index is 699. The largest absolute Gasteiger partial charge is 0.264 e. The molecule has 4 heteroatoms. The summed E-state index contributed by atoms with van der Waals surface area (Å²) >= 11 is 3.48. The van der Waals surface area contributed by atoms with Gasteiger partial charge in [-0.15, -0.1) is 0 Å². The van der Waals surface area contributed by atoms with Crippen molar-refractivity contribution in [2.75, 3.05) is 0 Å². The van der Waals surface area contributed by atoms with Gasteiger partial charge in [0, 0.05) is 53.0 Å². The number of aromatic nitrogens is 3. The molecule has 0 saturated carbocycles. The molecule has 0 saturated heterocycles. The third-order valence-corrected chi connectivity index (χ3v) is 3.65. The number of alkyl halides is 1. The molecule has 3 nitrogen and oxygen atoms in total. The van der Waals surface area contributed by atoms with Gasteiger partial charge in [-0.3, -0.25) is 15.0 Å². The van der Waals surface area contributed by atoms with E-state index in [0.717, 1.165) is 33.3 Å². The van der Waals surface area contributed by atoms with Crippen LogP contribution < -0.4 is 0 Å². The van der Waals surface area contributed by atoms with Gasteiger partial charge in [-0.05, 0) is 29.8 Å². The second-order valence-corrected chi connectivity index (χ2v) is 4.92. The first-order valence-corrected chi connectivity index (χ1v) is 7.36. The van der Waals surface area contributed by atoms with E-state index in [1.54, 1.807) is 12.4 Å². The summed E-state index contributed by atoms with van der Waals surface area (Å²) in [6, 6.07) is 10.1. The zero-order valence-corrected chi connectivity index (χ0v) is 12.3. The van der Waals surface area contributed by atoms with Gasteiger partial charge < -0.3 is 0 Å². The first-order chi connectivity index (χ1) is 9.88. The number of pyridine rings is 3. The van der Waals surface area contributed by atoms with Crippen molar-refractivity contribution in [3.05, 3.63) is 66.9 Å². The molecular weight excluding hydrogens is 314 g/mol. The SMILES string of the molecule is BrCc1cnc(-c2cccnc2)c(-c2cccnc2)c1. The van der Waals surface area contributed by atoms with Crippen LogP contribution in [0.2, 0.25) is 0 Å². The van der Waals surface area contributed by atoms with Crippen molar-refractivity contribution in [3.63, 3.8) is 0 Å². The lowest BCUT2D eigenvalue weighted by Crippen LogP contribution is -1.93. The summed E-state index contributed by atoms with van der Waals surface area (Å²) < 4.78 is 0. The molecule has 3 rings (SSSR count). The van der Waals surface area contributed by atoms with Crippen LogP contribution >= 0.6 is 15.9 Å². The molecular formula is C16H12BrN3. The van der Waals surface area contributed by atoms with Crippen LogP contribution in [0.3, 0.4) is 0 Å². The normalized spacial score (nSPS) is 10.4. The molecule has 0 fully saturated rings. The van der Waals surface area contributed by atoms with Gasteiger partial charge in [-0.25, -0.2) is 0 Å². The molecule has 3 aromatic heterocycles. The van der Waals surface area contributed by atoms with Crippen molar-refractivity contribution < 1.29 is 0 Å². The molecule has 0 aromatic carbocycles. The molecule has 0 unspecified atom stereocenters. The van der Waals surface area contributed by atoms with Crippen molar-refractivity contribution in [1.29, 1.82) is 0 Å². The number of halogens is 1. The highest BCUT2D eigenvalue weighted by molar-refractivity contribution is 9.08. The Labute approximate surface area is 125 Å². The molecule has 0 amide bonds. The molecule has 3 aromatic rings. The number of nitrogens with zero attached hydrogens (tertiary/aromatic N) is 3.